The molecule has 1 rings (SSSR count). The number of carbonyl (C=O) groups excluding carboxylic acids is 1. The van der Waals surface area contributed by atoms with Crippen molar-refractivity contribution >= 4 is 5.91 Å². The van der Waals surface area contributed by atoms with Gasteiger partial charge in [0.25, 0.3) is 0 Å². The minimum Gasteiger partial charge on any atom is -0.383 e. The van der Waals surface area contributed by atoms with Crippen molar-refractivity contribution in [3.8, 4) is 0 Å². The Balaban J connectivity index is 2.34. The topological polar surface area (TPSA) is 81.1 Å². The molecule has 1 heterocycles. The predicted octanol–water partition coefficient (Wildman–Crippen LogP) is -0.636. The Morgan fingerprint density at radius 3 is 2.78 bits per heavy atom. The van der Waals surface area contributed by atoms with Crippen molar-refractivity contribution in [2.24, 2.45) is 7.05 Å². The zero-order valence-corrected chi connectivity index (χ0v) is 11.4. The molecule has 0 aliphatic carbocycles. The Morgan fingerprint density at radius 1 is 1.50 bits per heavy atom. The molecule has 0 saturated carbocycles. The second-order valence-corrected chi connectivity index (χ2v) is 4.11. The first-order valence-corrected chi connectivity index (χ1v) is 5.91. The fraction of sp³-hybridized carbons (Fsp3) is 0.727. The minimum atomic E-state index is -0.279. The lowest BCUT2D eigenvalue weighted by atomic mass is 10.3. The van der Waals surface area contributed by atoms with Gasteiger partial charge in [-0.15, -0.1) is 10.2 Å². The highest BCUT2D eigenvalue weighted by atomic mass is 16.5. The van der Waals surface area contributed by atoms with E-state index in [1.54, 1.807) is 7.11 Å². The Bertz CT molecular complexity index is 391. The highest BCUT2D eigenvalue weighted by Crippen LogP contribution is 1.97. The number of carbonyl (C=O) groups is 1. The van der Waals surface area contributed by atoms with Crippen molar-refractivity contribution in [3.63, 3.8) is 0 Å². The summed E-state index contributed by atoms with van der Waals surface area (Å²) in [5.41, 5.74) is 0. The van der Waals surface area contributed by atoms with Gasteiger partial charge >= 0.3 is 0 Å². The van der Waals surface area contributed by atoms with Crippen LogP contribution in [0.25, 0.3) is 0 Å². The normalized spacial score (nSPS) is 12.4. The molecule has 0 aliphatic rings. The largest absolute Gasteiger partial charge is 0.383 e. The summed E-state index contributed by atoms with van der Waals surface area (Å²) >= 11 is 0. The average Bonchev–Trinajstić information content (AvgIpc) is 2.67. The van der Waals surface area contributed by atoms with Gasteiger partial charge in [0.15, 0.2) is 0 Å². The number of nitrogens with one attached hydrogen (secondary N) is 2. The molecular weight excluding hydrogens is 234 g/mol. The lowest BCUT2D eigenvalue weighted by Gasteiger charge is -2.13. The minimum absolute atomic E-state index is 0.0501. The first-order valence-electron chi connectivity index (χ1n) is 5.91. The van der Waals surface area contributed by atoms with Crippen LogP contribution >= 0.6 is 0 Å². The van der Waals surface area contributed by atoms with Crippen molar-refractivity contribution < 1.29 is 9.53 Å². The summed E-state index contributed by atoms with van der Waals surface area (Å²) in [5, 5.41) is 13.9. The highest BCUT2D eigenvalue weighted by molar-refractivity contribution is 5.81. The molecule has 7 heteroatoms. The highest BCUT2D eigenvalue weighted by Gasteiger charge is 2.13. The standard InChI is InChI=1S/C11H21N5O2/c1-8(11(17)12-5-6-18-4)13-7-10-15-14-9(2)16(10)3/h8,13H,5-7H2,1-4H3,(H,12,17). The molecule has 0 saturated heterocycles. The molecule has 1 amide bonds. The first kappa shape index (κ1) is 14.6. The van der Waals surface area contributed by atoms with Gasteiger partial charge in [-0.05, 0) is 13.8 Å². The molecule has 1 atom stereocenters. The second-order valence-electron chi connectivity index (χ2n) is 4.11. The maximum atomic E-state index is 11.7. The van der Waals surface area contributed by atoms with Crippen molar-refractivity contribution in [1.29, 1.82) is 0 Å². The van der Waals surface area contributed by atoms with Gasteiger partial charge < -0.3 is 14.6 Å². The van der Waals surface area contributed by atoms with Crippen LogP contribution in [-0.2, 0) is 23.1 Å². The van der Waals surface area contributed by atoms with Gasteiger partial charge in [-0.25, -0.2) is 0 Å². The molecule has 0 bridgehead atoms. The maximum absolute atomic E-state index is 11.7. The van der Waals surface area contributed by atoms with E-state index in [-0.39, 0.29) is 11.9 Å². The summed E-state index contributed by atoms with van der Waals surface area (Å²) < 4.78 is 6.75. The van der Waals surface area contributed by atoms with E-state index in [1.165, 1.54) is 0 Å². The smallest absolute Gasteiger partial charge is 0.236 e. The zero-order valence-electron chi connectivity index (χ0n) is 11.4. The third-order valence-electron chi connectivity index (χ3n) is 2.75. The molecule has 0 aromatic carbocycles. The zero-order chi connectivity index (χ0) is 13.5. The third-order valence-corrected chi connectivity index (χ3v) is 2.75. The van der Waals surface area contributed by atoms with E-state index in [1.807, 2.05) is 25.5 Å². The lowest BCUT2D eigenvalue weighted by molar-refractivity contribution is -0.123. The number of hydrogen-bond acceptors (Lipinski definition) is 5. The summed E-state index contributed by atoms with van der Waals surface area (Å²) in [6.07, 6.45) is 0. The molecule has 1 aromatic heterocycles. The SMILES string of the molecule is COCCNC(=O)C(C)NCc1nnc(C)n1C. The Hall–Kier alpha value is -1.47. The van der Waals surface area contributed by atoms with Gasteiger partial charge in [-0.2, -0.15) is 0 Å². The molecule has 1 aromatic rings. The van der Waals surface area contributed by atoms with Gasteiger partial charge in [0.2, 0.25) is 5.91 Å². The van der Waals surface area contributed by atoms with Gasteiger partial charge in [-0.3, -0.25) is 10.1 Å². The average molecular weight is 255 g/mol. The molecule has 2 N–H and O–H groups in total. The quantitative estimate of drug-likeness (QED) is 0.634. The van der Waals surface area contributed by atoms with Crippen LogP contribution in [0.15, 0.2) is 0 Å². The van der Waals surface area contributed by atoms with E-state index < -0.39 is 0 Å². The molecule has 0 fully saturated rings. The number of ether oxygens (including phenoxy) is 1. The number of rotatable bonds is 7. The van der Waals surface area contributed by atoms with E-state index in [0.717, 1.165) is 11.6 Å². The molecule has 0 radical (unpaired) electrons. The van der Waals surface area contributed by atoms with E-state index in [2.05, 4.69) is 20.8 Å². The van der Waals surface area contributed by atoms with Gasteiger partial charge in [0.05, 0.1) is 19.2 Å². The molecular formula is C11H21N5O2. The van der Waals surface area contributed by atoms with Crippen molar-refractivity contribution in [3.05, 3.63) is 11.6 Å². The molecule has 102 valence electrons. The number of amides is 1. The fourth-order valence-corrected chi connectivity index (χ4v) is 1.37. The van der Waals surface area contributed by atoms with Crippen LogP contribution in [0.5, 0.6) is 0 Å². The summed E-state index contributed by atoms with van der Waals surface area (Å²) in [6.45, 7) is 5.24. The molecule has 1 unspecified atom stereocenters. The van der Waals surface area contributed by atoms with Crippen molar-refractivity contribution in [1.82, 2.24) is 25.4 Å². The first-order chi connectivity index (χ1) is 8.56. The van der Waals surface area contributed by atoms with Crippen LogP contribution < -0.4 is 10.6 Å². The summed E-state index contributed by atoms with van der Waals surface area (Å²) in [6, 6.07) is -0.279. The van der Waals surface area contributed by atoms with Crippen LogP contribution in [0.2, 0.25) is 0 Å². The Kier molecular flexibility index (Phi) is 5.73. The Morgan fingerprint density at radius 2 is 2.22 bits per heavy atom. The van der Waals surface area contributed by atoms with E-state index >= 15 is 0 Å². The summed E-state index contributed by atoms with van der Waals surface area (Å²) in [7, 11) is 3.50. The van der Waals surface area contributed by atoms with Crippen molar-refractivity contribution in [2.45, 2.75) is 26.4 Å². The van der Waals surface area contributed by atoms with Crippen LogP contribution in [0.1, 0.15) is 18.6 Å². The number of hydrogen-bond donors (Lipinski definition) is 2. The fourth-order valence-electron chi connectivity index (χ4n) is 1.37. The lowest BCUT2D eigenvalue weighted by Crippen LogP contribution is -2.43. The number of nitrogens with zero attached hydrogens (tertiary/aromatic N) is 3. The van der Waals surface area contributed by atoms with Crippen molar-refractivity contribution in [2.75, 3.05) is 20.3 Å². The van der Waals surface area contributed by atoms with E-state index in [9.17, 15) is 4.79 Å². The summed E-state index contributed by atoms with van der Waals surface area (Å²) in [4.78, 5) is 11.7. The molecule has 7 nitrogen and oxygen atoms in total. The van der Waals surface area contributed by atoms with Gasteiger partial charge in [-0.1, -0.05) is 0 Å². The van der Waals surface area contributed by atoms with Crippen LogP contribution in [0.3, 0.4) is 0 Å². The number of aryl methyl sites for hydroxylation is 1. The van der Waals surface area contributed by atoms with Gasteiger partial charge in [0, 0.05) is 20.7 Å². The molecule has 0 aliphatic heterocycles. The number of methoxy groups -OCH3 is 1. The maximum Gasteiger partial charge on any atom is 0.236 e. The van der Waals surface area contributed by atoms with E-state index in [4.69, 9.17) is 4.74 Å². The van der Waals surface area contributed by atoms with Gasteiger partial charge in [0.1, 0.15) is 11.6 Å². The second kappa shape index (κ2) is 7.07. The van der Waals surface area contributed by atoms with E-state index in [0.29, 0.717) is 19.7 Å². The predicted molar refractivity (Wildman–Crippen MR) is 66.9 cm³/mol. The van der Waals surface area contributed by atoms with Crippen LogP contribution in [0.4, 0.5) is 0 Å². The molecule has 0 spiro atoms. The monoisotopic (exact) mass is 255 g/mol. The Labute approximate surface area is 107 Å². The third kappa shape index (κ3) is 4.08. The van der Waals surface area contributed by atoms with Crippen LogP contribution in [-0.4, -0.2) is 47.0 Å². The summed E-state index contributed by atoms with van der Waals surface area (Å²) in [5.74, 6) is 1.61. The number of aromatic nitrogens is 3. The van der Waals surface area contributed by atoms with Crippen LogP contribution in [0, 0.1) is 6.92 Å². The molecule has 18 heavy (non-hydrogen) atoms.